The standard InChI is InChI=1S/C6H4BrNO2/c7-5-2-1-3-6(4-5)8(9)10/h1-4H/i1D,2D,3D,4D. The van der Waals surface area contributed by atoms with E-state index >= 15 is 0 Å². The zero-order valence-corrected chi connectivity index (χ0v) is 6.23. The maximum Gasteiger partial charge on any atom is 0.270 e. The molecule has 0 saturated carbocycles. The van der Waals surface area contributed by atoms with E-state index in [4.69, 9.17) is 5.48 Å². The molecule has 0 aliphatic rings. The summed E-state index contributed by atoms with van der Waals surface area (Å²) in [7, 11) is 0. The Kier molecular flexibility index (Phi) is 0.970. The third-order valence-electron chi connectivity index (χ3n) is 0.764. The molecular formula is C6H4BrNO2. The highest BCUT2D eigenvalue weighted by molar-refractivity contribution is 9.10. The first-order valence-electron chi connectivity index (χ1n) is 4.28. The third kappa shape index (κ3) is 1.54. The number of rotatable bonds is 1. The second-order valence-electron chi connectivity index (χ2n) is 1.42. The summed E-state index contributed by atoms with van der Waals surface area (Å²) in [6.07, 6.45) is 0. The van der Waals surface area contributed by atoms with Crippen LogP contribution in [0.3, 0.4) is 0 Å². The molecule has 0 amide bonds. The van der Waals surface area contributed by atoms with Gasteiger partial charge < -0.3 is 0 Å². The summed E-state index contributed by atoms with van der Waals surface area (Å²) in [4.78, 5) is 9.56. The van der Waals surface area contributed by atoms with Gasteiger partial charge in [0.25, 0.3) is 5.69 Å². The molecule has 0 aliphatic carbocycles. The van der Waals surface area contributed by atoms with E-state index in [9.17, 15) is 10.1 Å². The van der Waals surface area contributed by atoms with E-state index in [2.05, 4.69) is 15.9 Å². The molecule has 1 rings (SSSR count). The van der Waals surface area contributed by atoms with Gasteiger partial charge in [-0.25, -0.2) is 0 Å². The highest BCUT2D eigenvalue weighted by atomic mass is 79.9. The number of benzene rings is 1. The van der Waals surface area contributed by atoms with E-state index < -0.39 is 28.7 Å². The molecule has 0 atom stereocenters. The van der Waals surface area contributed by atoms with Crippen molar-refractivity contribution in [2.45, 2.75) is 0 Å². The Morgan fingerprint density at radius 3 is 3.00 bits per heavy atom. The third-order valence-corrected chi connectivity index (χ3v) is 1.16. The summed E-state index contributed by atoms with van der Waals surface area (Å²) in [5.41, 5.74) is -0.752. The molecule has 0 heterocycles. The minimum absolute atomic E-state index is 0.134. The molecule has 4 heteroatoms. The van der Waals surface area contributed by atoms with Crippen molar-refractivity contribution in [3.8, 4) is 0 Å². The lowest BCUT2D eigenvalue weighted by Gasteiger charge is -1.89. The molecule has 0 fully saturated rings. The van der Waals surface area contributed by atoms with Gasteiger partial charge in [-0.1, -0.05) is 22.0 Å². The number of halogens is 1. The van der Waals surface area contributed by atoms with Gasteiger partial charge in [-0.15, -0.1) is 0 Å². The Morgan fingerprint density at radius 2 is 2.40 bits per heavy atom. The van der Waals surface area contributed by atoms with Gasteiger partial charge in [0, 0.05) is 16.6 Å². The van der Waals surface area contributed by atoms with Crippen LogP contribution < -0.4 is 0 Å². The van der Waals surface area contributed by atoms with Crippen molar-refractivity contribution >= 4 is 21.6 Å². The topological polar surface area (TPSA) is 43.1 Å². The van der Waals surface area contributed by atoms with Crippen molar-refractivity contribution in [1.29, 1.82) is 0 Å². The molecule has 1 aromatic carbocycles. The van der Waals surface area contributed by atoms with Crippen molar-refractivity contribution in [3.63, 3.8) is 0 Å². The molecule has 52 valence electrons. The van der Waals surface area contributed by atoms with Crippen molar-refractivity contribution in [2.24, 2.45) is 0 Å². The SMILES string of the molecule is [2H]c1c([2H])c(Br)c([2H])c([N+](=O)[O-])c1[2H]. The first-order valence-corrected chi connectivity index (χ1v) is 3.07. The first-order chi connectivity index (χ1) is 6.37. The lowest BCUT2D eigenvalue weighted by molar-refractivity contribution is -0.384. The molecule has 0 spiro atoms. The average Bonchev–Trinajstić information content (AvgIpc) is 2.11. The predicted octanol–water partition coefficient (Wildman–Crippen LogP) is 2.36. The molecule has 1 aromatic rings. The van der Waals surface area contributed by atoms with Gasteiger partial charge in [0.1, 0.15) is 0 Å². The van der Waals surface area contributed by atoms with E-state index in [0.29, 0.717) is 0 Å². The quantitative estimate of drug-likeness (QED) is 0.522. The zero-order chi connectivity index (χ0) is 11.0. The van der Waals surface area contributed by atoms with Crippen LogP contribution in [0.2, 0.25) is 0 Å². The molecule has 0 N–H and O–H groups in total. The molecule has 0 aromatic heterocycles. The lowest BCUT2D eigenvalue weighted by atomic mass is 10.3. The summed E-state index contributed by atoms with van der Waals surface area (Å²) >= 11 is 2.80. The molecule has 0 radical (unpaired) electrons. The van der Waals surface area contributed by atoms with Crippen molar-refractivity contribution < 1.29 is 10.4 Å². The van der Waals surface area contributed by atoms with Crippen molar-refractivity contribution in [1.82, 2.24) is 0 Å². The van der Waals surface area contributed by atoms with Crippen molar-refractivity contribution in [2.75, 3.05) is 0 Å². The fourth-order valence-electron chi connectivity index (χ4n) is 0.403. The molecule has 0 saturated heterocycles. The Bertz CT molecular complexity index is 394. The second kappa shape index (κ2) is 2.79. The van der Waals surface area contributed by atoms with Gasteiger partial charge in [-0.3, -0.25) is 10.1 Å². The van der Waals surface area contributed by atoms with Crippen LogP contribution in [0.15, 0.2) is 28.6 Å². The van der Waals surface area contributed by atoms with Crippen LogP contribution in [0, 0.1) is 10.1 Å². The average molecular weight is 206 g/mol. The molecule has 0 unspecified atom stereocenters. The Labute approximate surface area is 71.6 Å². The molecule has 3 nitrogen and oxygen atoms in total. The fraction of sp³-hybridized carbons (Fsp3) is 0. The van der Waals surface area contributed by atoms with Crippen LogP contribution in [0.25, 0.3) is 0 Å². The Morgan fingerprint density at radius 1 is 1.70 bits per heavy atom. The highest BCUT2D eigenvalue weighted by Gasteiger charge is 2.02. The number of hydrogen-bond acceptors (Lipinski definition) is 2. The maximum atomic E-state index is 10.5. The first kappa shape index (κ1) is 3.48. The molecule has 10 heavy (non-hydrogen) atoms. The van der Waals surface area contributed by atoms with Gasteiger partial charge in [0.05, 0.1) is 10.4 Å². The number of nitro groups is 1. The fourth-order valence-corrected chi connectivity index (χ4v) is 0.690. The van der Waals surface area contributed by atoms with E-state index in [0.717, 1.165) is 0 Å². The molecule has 0 aliphatic heterocycles. The van der Waals surface area contributed by atoms with Crippen LogP contribution >= 0.6 is 15.9 Å². The number of hydrogen-bond donors (Lipinski definition) is 0. The summed E-state index contributed by atoms with van der Waals surface area (Å²) in [5, 5.41) is 10.5. The zero-order valence-electron chi connectivity index (χ0n) is 8.64. The van der Waals surface area contributed by atoms with Crippen molar-refractivity contribution in [3.05, 3.63) is 38.8 Å². The van der Waals surface area contributed by atoms with Crippen LogP contribution in [0.4, 0.5) is 5.69 Å². The van der Waals surface area contributed by atoms with Gasteiger partial charge in [0.2, 0.25) is 0 Å². The largest absolute Gasteiger partial charge is 0.270 e. The highest BCUT2D eigenvalue weighted by Crippen LogP contribution is 2.16. The summed E-state index contributed by atoms with van der Waals surface area (Å²) < 4.78 is 28.9. The lowest BCUT2D eigenvalue weighted by Crippen LogP contribution is -1.85. The Hall–Kier alpha value is -0.900. The second-order valence-corrected chi connectivity index (χ2v) is 2.21. The summed E-state index contributed by atoms with van der Waals surface area (Å²) in [6.45, 7) is 0. The monoisotopic (exact) mass is 205 g/mol. The van der Waals surface area contributed by atoms with Crippen LogP contribution in [-0.4, -0.2) is 4.92 Å². The van der Waals surface area contributed by atoms with Gasteiger partial charge in [0.15, 0.2) is 0 Å². The van der Waals surface area contributed by atoms with Crippen LogP contribution in [0.1, 0.15) is 5.48 Å². The predicted molar refractivity (Wildman–Crippen MR) is 40.8 cm³/mol. The summed E-state index contributed by atoms with van der Waals surface area (Å²) in [6, 6.07) is -2.18. The van der Waals surface area contributed by atoms with E-state index in [1.807, 2.05) is 0 Å². The number of nitrogens with zero attached hydrogens (tertiary/aromatic N) is 1. The smallest absolute Gasteiger partial charge is 0.258 e. The Balaban J connectivity index is 3.68. The van der Waals surface area contributed by atoms with Crippen LogP contribution in [-0.2, 0) is 0 Å². The number of nitro benzene ring substituents is 1. The van der Waals surface area contributed by atoms with Gasteiger partial charge in [-0.05, 0) is 6.04 Å². The summed E-state index contributed by atoms with van der Waals surface area (Å²) in [5.74, 6) is 0. The van der Waals surface area contributed by atoms with Gasteiger partial charge >= 0.3 is 0 Å². The van der Waals surface area contributed by atoms with E-state index in [1.165, 1.54) is 0 Å². The minimum Gasteiger partial charge on any atom is -0.258 e. The van der Waals surface area contributed by atoms with E-state index in [-0.39, 0.29) is 10.5 Å². The molecule has 0 bridgehead atoms. The normalized spacial score (nSPS) is 14.9. The molecular weight excluding hydrogens is 198 g/mol. The van der Waals surface area contributed by atoms with E-state index in [1.54, 1.807) is 0 Å². The van der Waals surface area contributed by atoms with Gasteiger partial charge in [-0.2, -0.15) is 0 Å². The maximum absolute atomic E-state index is 10.5. The van der Waals surface area contributed by atoms with Crippen LogP contribution in [0.5, 0.6) is 0 Å². The minimum atomic E-state index is -0.896.